The Bertz CT molecular complexity index is 750. The molecular formula is C14H9F3N2O3. The van der Waals surface area contributed by atoms with Crippen LogP contribution in [0.15, 0.2) is 29.0 Å². The normalized spacial score (nSPS) is 20.3. The van der Waals surface area contributed by atoms with Gasteiger partial charge >= 0.3 is 6.18 Å². The highest BCUT2D eigenvalue weighted by atomic mass is 19.4. The molecule has 0 bridgehead atoms. The van der Waals surface area contributed by atoms with Crippen molar-refractivity contribution in [3.8, 4) is 0 Å². The first-order valence-corrected chi connectivity index (χ1v) is 6.26. The molecule has 1 aromatic rings. The van der Waals surface area contributed by atoms with Crippen LogP contribution in [-0.4, -0.2) is 30.3 Å². The van der Waals surface area contributed by atoms with Crippen molar-refractivity contribution in [3.63, 3.8) is 0 Å². The highest BCUT2D eigenvalue weighted by Gasteiger charge is 2.47. The van der Waals surface area contributed by atoms with Crippen molar-refractivity contribution in [2.75, 3.05) is 0 Å². The molecule has 0 saturated heterocycles. The summed E-state index contributed by atoms with van der Waals surface area (Å²) in [6, 6.07) is 4.39. The standard InChI is InChI=1S/C14H9F3N2O3/c15-14(16,17)10-4-9(11(22-10)12(18)20)6-1-2-8-7(3-6)5-19-13(8)21/h1-3,5,10H,4H2,(H2,18,20). The van der Waals surface area contributed by atoms with Gasteiger partial charge < -0.3 is 10.5 Å². The minimum atomic E-state index is -4.60. The quantitative estimate of drug-likeness (QED) is 0.904. The van der Waals surface area contributed by atoms with E-state index in [-0.39, 0.29) is 5.57 Å². The van der Waals surface area contributed by atoms with Crippen LogP contribution in [-0.2, 0) is 9.53 Å². The Morgan fingerprint density at radius 1 is 1.36 bits per heavy atom. The first-order chi connectivity index (χ1) is 10.3. The average Bonchev–Trinajstić information content (AvgIpc) is 3.02. The molecule has 0 aromatic heterocycles. The van der Waals surface area contributed by atoms with Crippen LogP contribution in [0, 0.1) is 0 Å². The summed E-state index contributed by atoms with van der Waals surface area (Å²) in [5.74, 6) is -1.97. The van der Waals surface area contributed by atoms with Crippen LogP contribution >= 0.6 is 0 Å². The van der Waals surface area contributed by atoms with Crippen molar-refractivity contribution in [2.45, 2.75) is 18.7 Å². The molecule has 3 rings (SSSR count). The number of alkyl halides is 3. The first-order valence-electron chi connectivity index (χ1n) is 6.26. The number of carbonyl (C=O) groups is 2. The molecule has 0 aliphatic carbocycles. The minimum Gasteiger partial charge on any atom is -0.474 e. The fraction of sp³-hybridized carbons (Fsp3) is 0.214. The van der Waals surface area contributed by atoms with Crippen LogP contribution in [0.5, 0.6) is 0 Å². The Balaban J connectivity index is 2.02. The second-order valence-electron chi connectivity index (χ2n) is 4.89. The predicted molar refractivity (Wildman–Crippen MR) is 70.0 cm³/mol. The van der Waals surface area contributed by atoms with Crippen LogP contribution in [0.4, 0.5) is 13.2 Å². The smallest absolute Gasteiger partial charge is 0.425 e. The molecule has 0 spiro atoms. The number of benzene rings is 1. The third-order valence-electron chi connectivity index (χ3n) is 3.46. The molecule has 2 heterocycles. The SMILES string of the molecule is NC(=O)C1=C(c2ccc3c(c2)C=NC3=O)CC(C(F)(F)F)O1. The lowest BCUT2D eigenvalue weighted by molar-refractivity contribution is -0.202. The summed E-state index contributed by atoms with van der Waals surface area (Å²) in [4.78, 5) is 26.3. The Morgan fingerprint density at radius 3 is 2.73 bits per heavy atom. The lowest BCUT2D eigenvalue weighted by atomic mass is 9.96. The predicted octanol–water partition coefficient (Wildman–Crippen LogP) is 1.81. The molecule has 2 N–H and O–H groups in total. The van der Waals surface area contributed by atoms with E-state index in [1.54, 1.807) is 0 Å². The van der Waals surface area contributed by atoms with Gasteiger partial charge in [0.15, 0.2) is 11.9 Å². The number of fused-ring (bicyclic) bond motifs is 1. The second kappa shape index (κ2) is 4.69. The summed E-state index contributed by atoms with van der Waals surface area (Å²) in [5.41, 5.74) is 6.36. The molecule has 114 valence electrons. The Morgan fingerprint density at radius 2 is 2.09 bits per heavy atom. The van der Waals surface area contributed by atoms with Gasteiger partial charge in [-0.1, -0.05) is 6.07 Å². The Kier molecular flexibility index (Phi) is 3.05. The van der Waals surface area contributed by atoms with E-state index in [4.69, 9.17) is 5.73 Å². The molecule has 22 heavy (non-hydrogen) atoms. The molecule has 1 aromatic carbocycles. The fourth-order valence-electron chi connectivity index (χ4n) is 2.42. The number of aliphatic imine (C=N–C) groups is 1. The third kappa shape index (κ3) is 2.26. The summed E-state index contributed by atoms with van der Waals surface area (Å²) in [6.07, 6.45) is -5.89. The lowest BCUT2D eigenvalue weighted by Crippen LogP contribution is -2.29. The van der Waals surface area contributed by atoms with E-state index in [1.165, 1.54) is 24.4 Å². The number of nitrogens with zero attached hydrogens (tertiary/aromatic N) is 1. The fourth-order valence-corrected chi connectivity index (χ4v) is 2.42. The maximum absolute atomic E-state index is 12.8. The van der Waals surface area contributed by atoms with Gasteiger partial charge in [-0.05, 0) is 17.7 Å². The van der Waals surface area contributed by atoms with Crippen LogP contribution in [0.3, 0.4) is 0 Å². The van der Waals surface area contributed by atoms with Gasteiger partial charge in [0.05, 0.1) is 5.56 Å². The van der Waals surface area contributed by atoms with E-state index >= 15 is 0 Å². The van der Waals surface area contributed by atoms with Gasteiger partial charge in [-0.25, -0.2) is 4.99 Å². The number of ether oxygens (including phenoxy) is 1. The van der Waals surface area contributed by atoms with E-state index in [2.05, 4.69) is 9.73 Å². The van der Waals surface area contributed by atoms with Crippen molar-refractivity contribution in [3.05, 3.63) is 40.6 Å². The first kappa shape index (κ1) is 14.3. The highest BCUT2D eigenvalue weighted by molar-refractivity contribution is 6.13. The molecule has 2 amide bonds. The summed E-state index contributed by atoms with van der Waals surface area (Å²) < 4.78 is 43.0. The van der Waals surface area contributed by atoms with Gasteiger partial charge in [-0.15, -0.1) is 0 Å². The number of nitrogens with two attached hydrogens (primary N) is 1. The third-order valence-corrected chi connectivity index (χ3v) is 3.46. The largest absolute Gasteiger partial charge is 0.474 e. The van der Waals surface area contributed by atoms with E-state index in [1.807, 2.05) is 0 Å². The topological polar surface area (TPSA) is 81.8 Å². The number of amides is 2. The summed E-state index contributed by atoms with van der Waals surface area (Å²) in [5, 5.41) is 0. The Hall–Kier alpha value is -2.64. The summed E-state index contributed by atoms with van der Waals surface area (Å²) in [7, 11) is 0. The second-order valence-corrected chi connectivity index (χ2v) is 4.89. The number of hydrogen-bond donors (Lipinski definition) is 1. The van der Waals surface area contributed by atoms with Gasteiger partial charge in [0.1, 0.15) is 0 Å². The molecule has 0 radical (unpaired) electrons. The molecule has 8 heteroatoms. The summed E-state index contributed by atoms with van der Waals surface area (Å²) >= 11 is 0. The molecule has 2 aliphatic heterocycles. The van der Waals surface area contributed by atoms with Gasteiger partial charge in [-0.2, -0.15) is 13.2 Å². The van der Waals surface area contributed by atoms with Crippen molar-refractivity contribution in [1.29, 1.82) is 0 Å². The van der Waals surface area contributed by atoms with Gasteiger partial charge in [0.2, 0.25) is 0 Å². The highest BCUT2D eigenvalue weighted by Crippen LogP contribution is 2.40. The lowest BCUT2D eigenvalue weighted by Gasteiger charge is -2.14. The zero-order valence-electron chi connectivity index (χ0n) is 11.0. The number of carbonyl (C=O) groups excluding carboxylic acids is 2. The molecular weight excluding hydrogens is 301 g/mol. The van der Waals surface area contributed by atoms with Crippen LogP contribution in [0.25, 0.3) is 5.57 Å². The number of halogens is 3. The van der Waals surface area contributed by atoms with Gasteiger partial charge in [0.25, 0.3) is 11.8 Å². The zero-order chi connectivity index (χ0) is 16.1. The number of hydrogen-bond acceptors (Lipinski definition) is 3. The van der Waals surface area contributed by atoms with Gasteiger partial charge in [-0.3, -0.25) is 9.59 Å². The van der Waals surface area contributed by atoms with Crippen LogP contribution < -0.4 is 5.73 Å². The zero-order valence-corrected chi connectivity index (χ0v) is 11.0. The van der Waals surface area contributed by atoms with Crippen molar-refractivity contribution in [2.24, 2.45) is 10.7 Å². The number of rotatable bonds is 2. The maximum Gasteiger partial charge on any atom is 0.425 e. The van der Waals surface area contributed by atoms with Crippen molar-refractivity contribution in [1.82, 2.24) is 0 Å². The molecule has 1 unspecified atom stereocenters. The van der Waals surface area contributed by atoms with Crippen LogP contribution in [0.1, 0.15) is 27.9 Å². The minimum absolute atomic E-state index is 0.0744. The molecule has 0 fully saturated rings. The van der Waals surface area contributed by atoms with E-state index in [0.717, 1.165) is 0 Å². The number of primary amides is 1. The van der Waals surface area contributed by atoms with Crippen molar-refractivity contribution >= 4 is 23.6 Å². The summed E-state index contributed by atoms with van der Waals surface area (Å²) in [6.45, 7) is 0. The Labute approximate surface area is 122 Å². The van der Waals surface area contributed by atoms with E-state index < -0.39 is 36.3 Å². The molecule has 1 atom stereocenters. The molecule has 2 aliphatic rings. The average molecular weight is 310 g/mol. The van der Waals surface area contributed by atoms with E-state index in [0.29, 0.717) is 16.7 Å². The van der Waals surface area contributed by atoms with E-state index in [9.17, 15) is 22.8 Å². The van der Waals surface area contributed by atoms with Crippen molar-refractivity contribution < 1.29 is 27.5 Å². The van der Waals surface area contributed by atoms with Gasteiger partial charge in [0, 0.05) is 23.8 Å². The monoisotopic (exact) mass is 310 g/mol. The molecule has 0 saturated carbocycles. The molecule has 5 nitrogen and oxygen atoms in total. The van der Waals surface area contributed by atoms with Crippen LogP contribution in [0.2, 0.25) is 0 Å². The maximum atomic E-state index is 12.8.